The lowest BCUT2D eigenvalue weighted by Gasteiger charge is -2.24. The van der Waals surface area contributed by atoms with Gasteiger partial charge in [-0.1, -0.05) is 18.2 Å². The molecule has 0 fully saturated rings. The molecule has 0 aliphatic carbocycles. The van der Waals surface area contributed by atoms with E-state index in [9.17, 15) is 14.0 Å². The number of hydrogen-bond acceptors (Lipinski definition) is 4. The van der Waals surface area contributed by atoms with Gasteiger partial charge in [-0.25, -0.2) is 4.39 Å². The lowest BCUT2D eigenvalue weighted by molar-refractivity contribution is -0.121. The van der Waals surface area contributed by atoms with Gasteiger partial charge in [-0.3, -0.25) is 9.59 Å². The average molecular weight is 398 g/mol. The first kappa shape index (κ1) is 20.5. The summed E-state index contributed by atoms with van der Waals surface area (Å²) in [6.07, 6.45) is 1.50. The van der Waals surface area contributed by atoms with Crippen LogP contribution in [-0.2, 0) is 9.59 Å². The lowest BCUT2D eigenvalue weighted by atomic mass is 9.86. The number of carbonyl (C=O) groups is 2. The van der Waals surface area contributed by atoms with E-state index in [1.165, 1.54) is 18.3 Å². The van der Waals surface area contributed by atoms with Crippen LogP contribution in [0.3, 0.4) is 0 Å². The van der Waals surface area contributed by atoms with Gasteiger partial charge < -0.3 is 20.5 Å². The van der Waals surface area contributed by atoms with E-state index in [4.69, 9.17) is 9.84 Å². The molecule has 0 aromatic heterocycles. The number of aryl methyl sites for hydroxylation is 2. The van der Waals surface area contributed by atoms with Crippen molar-refractivity contribution >= 4 is 17.5 Å². The highest BCUT2D eigenvalue weighted by Gasteiger charge is 2.29. The van der Waals surface area contributed by atoms with Crippen LogP contribution in [0.2, 0.25) is 0 Å². The van der Waals surface area contributed by atoms with E-state index >= 15 is 0 Å². The summed E-state index contributed by atoms with van der Waals surface area (Å²) in [6, 6.07) is 9.39. The molecule has 29 heavy (non-hydrogen) atoms. The zero-order valence-electron chi connectivity index (χ0n) is 16.3. The summed E-state index contributed by atoms with van der Waals surface area (Å²) in [4.78, 5) is 24.9. The molecule has 2 amide bonds. The quantitative estimate of drug-likeness (QED) is 0.698. The molecule has 0 saturated carbocycles. The largest absolute Gasteiger partial charge is 0.491 e. The van der Waals surface area contributed by atoms with Crippen LogP contribution in [0.25, 0.3) is 0 Å². The summed E-state index contributed by atoms with van der Waals surface area (Å²) in [5.41, 5.74) is 3.39. The smallest absolute Gasteiger partial charge is 0.253 e. The minimum absolute atomic E-state index is 0.0998. The maximum atomic E-state index is 13.3. The Hall–Kier alpha value is -3.19. The topological polar surface area (TPSA) is 87.7 Å². The molecule has 1 heterocycles. The number of carbonyl (C=O) groups excluding carboxylic acids is 2. The van der Waals surface area contributed by atoms with Gasteiger partial charge in [0.25, 0.3) is 5.91 Å². The SMILES string of the molecule is Cc1cc(C)c(OCCO)cc1NC(=O)C1=CNC(=O)CC1c1ccc(F)cc1. The normalized spacial score (nSPS) is 16.1. The number of hydrogen-bond donors (Lipinski definition) is 3. The molecule has 0 bridgehead atoms. The third-order valence-corrected chi connectivity index (χ3v) is 4.81. The average Bonchev–Trinajstić information content (AvgIpc) is 2.69. The van der Waals surface area contributed by atoms with Crippen LogP contribution >= 0.6 is 0 Å². The summed E-state index contributed by atoms with van der Waals surface area (Å²) in [7, 11) is 0. The van der Waals surface area contributed by atoms with E-state index in [-0.39, 0.29) is 37.3 Å². The first-order chi connectivity index (χ1) is 13.9. The van der Waals surface area contributed by atoms with Gasteiger partial charge in [0.15, 0.2) is 0 Å². The number of ether oxygens (including phenoxy) is 1. The third kappa shape index (κ3) is 4.81. The highest BCUT2D eigenvalue weighted by atomic mass is 19.1. The van der Waals surface area contributed by atoms with Crippen LogP contribution < -0.4 is 15.4 Å². The van der Waals surface area contributed by atoms with E-state index in [2.05, 4.69) is 10.6 Å². The minimum Gasteiger partial charge on any atom is -0.491 e. The van der Waals surface area contributed by atoms with Crippen molar-refractivity contribution in [1.82, 2.24) is 5.32 Å². The summed E-state index contributed by atoms with van der Waals surface area (Å²) in [6.45, 7) is 3.80. The second-order valence-electron chi connectivity index (χ2n) is 6.93. The van der Waals surface area contributed by atoms with Crippen molar-refractivity contribution in [3.8, 4) is 5.75 Å². The first-order valence-corrected chi connectivity index (χ1v) is 9.30. The van der Waals surface area contributed by atoms with Crippen molar-refractivity contribution in [1.29, 1.82) is 0 Å². The highest BCUT2D eigenvalue weighted by molar-refractivity contribution is 6.06. The lowest BCUT2D eigenvalue weighted by Crippen LogP contribution is -2.32. The van der Waals surface area contributed by atoms with Crippen molar-refractivity contribution in [2.24, 2.45) is 0 Å². The van der Waals surface area contributed by atoms with Gasteiger partial charge in [-0.2, -0.15) is 0 Å². The Balaban J connectivity index is 1.86. The molecular weight excluding hydrogens is 375 g/mol. The Kier molecular flexibility index (Phi) is 6.29. The number of amides is 2. The number of rotatable bonds is 6. The number of benzene rings is 2. The number of aliphatic hydroxyl groups is 1. The fourth-order valence-corrected chi connectivity index (χ4v) is 3.30. The number of anilines is 1. The Labute approximate surface area is 168 Å². The predicted octanol–water partition coefficient (Wildman–Crippen LogP) is 2.94. The van der Waals surface area contributed by atoms with Crippen molar-refractivity contribution in [3.63, 3.8) is 0 Å². The van der Waals surface area contributed by atoms with Gasteiger partial charge in [0, 0.05) is 35.9 Å². The molecule has 152 valence electrons. The fraction of sp³-hybridized carbons (Fsp3) is 0.273. The van der Waals surface area contributed by atoms with E-state index in [1.807, 2.05) is 19.9 Å². The molecule has 3 rings (SSSR count). The molecule has 6 nitrogen and oxygen atoms in total. The maximum absolute atomic E-state index is 13.3. The van der Waals surface area contributed by atoms with E-state index in [1.54, 1.807) is 18.2 Å². The molecule has 2 aromatic rings. The summed E-state index contributed by atoms with van der Waals surface area (Å²) < 4.78 is 18.8. The second kappa shape index (κ2) is 8.87. The van der Waals surface area contributed by atoms with Crippen LogP contribution in [0.4, 0.5) is 10.1 Å². The zero-order valence-corrected chi connectivity index (χ0v) is 16.3. The van der Waals surface area contributed by atoms with Crippen LogP contribution in [0, 0.1) is 19.7 Å². The van der Waals surface area contributed by atoms with Gasteiger partial charge in [-0.05, 0) is 42.7 Å². The Morgan fingerprint density at radius 1 is 1.24 bits per heavy atom. The Morgan fingerprint density at radius 3 is 2.66 bits per heavy atom. The molecule has 0 radical (unpaired) electrons. The number of aliphatic hydroxyl groups excluding tert-OH is 1. The van der Waals surface area contributed by atoms with Crippen molar-refractivity contribution in [2.75, 3.05) is 18.5 Å². The molecule has 1 unspecified atom stereocenters. The second-order valence-corrected chi connectivity index (χ2v) is 6.93. The maximum Gasteiger partial charge on any atom is 0.253 e. The summed E-state index contributed by atoms with van der Waals surface area (Å²) in [5.74, 6) is -0.850. The number of nitrogens with one attached hydrogen (secondary N) is 2. The van der Waals surface area contributed by atoms with Gasteiger partial charge >= 0.3 is 0 Å². The van der Waals surface area contributed by atoms with Crippen molar-refractivity contribution in [2.45, 2.75) is 26.2 Å². The molecular formula is C22H23FN2O4. The van der Waals surface area contributed by atoms with E-state index in [0.717, 1.165) is 11.1 Å². The van der Waals surface area contributed by atoms with Gasteiger partial charge in [0.05, 0.1) is 6.61 Å². The molecule has 3 N–H and O–H groups in total. The van der Waals surface area contributed by atoms with Crippen molar-refractivity contribution < 1.29 is 23.8 Å². The van der Waals surface area contributed by atoms with Crippen LogP contribution in [0.15, 0.2) is 48.2 Å². The monoisotopic (exact) mass is 398 g/mol. The van der Waals surface area contributed by atoms with Gasteiger partial charge in [-0.15, -0.1) is 0 Å². The van der Waals surface area contributed by atoms with Gasteiger partial charge in [0.2, 0.25) is 5.91 Å². The minimum atomic E-state index is -0.472. The number of halogens is 1. The first-order valence-electron chi connectivity index (χ1n) is 9.30. The molecule has 7 heteroatoms. The predicted molar refractivity (Wildman–Crippen MR) is 107 cm³/mol. The van der Waals surface area contributed by atoms with E-state index in [0.29, 0.717) is 22.6 Å². The fourth-order valence-electron chi connectivity index (χ4n) is 3.30. The van der Waals surface area contributed by atoms with Crippen molar-refractivity contribution in [3.05, 3.63) is 70.7 Å². The van der Waals surface area contributed by atoms with E-state index < -0.39 is 5.92 Å². The third-order valence-electron chi connectivity index (χ3n) is 4.81. The summed E-state index contributed by atoms with van der Waals surface area (Å²) in [5, 5.41) is 14.4. The highest BCUT2D eigenvalue weighted by Crippen LogP contribution is 2.32. The molecule has 1 aliphatic heterocycles. The molecule has 1 atom stereocenters. The standard InChI is InChI=1S/C22H23FN2O4/c1-13-9-14(2)20(29-8-7-26)11-19(13)25-22(28)18-12-24-21(27)10-17(18)15-3-5-16(23)6-4-15/h3-6,9,11-12,17,26H,7-8,10H2,1-2H3,(H,24,27)(H,25,28). The van der Waals surface area contributed by atoms with Crippen LogP contribution in [-0.4, -0.2) is 30.1 Å². The molecule has 0 spiro atoms. The Bertz CT molecular complexity index is 954. The summed E-state index contributed by atoms with van der Waals surface area (Å²) >= 11 is 0. The van der Waals surface area contributed by atoms with Crippen LogP contribution in [0.1, 0.15) is 29.0 Å². The molecule has 1 aliphatic rings. The Morgan fingerprint density at radius 2 is 1.97 bits per heavy atom. The van der Waals surface area contributed by atoms with Crippen LogP contribution in [0.5, 0.6) is 5.75 Å². The molecule has 2 aromatic carbocycles. The van der Waals surface area contributed by atoms with Gasteiger partial charge in [0.1, 0.15) is 18.2 Å². The molecule has 0 saturated heterocycles. The zero-order chi connectivity index (χ0) is 21.0.